The van der Waals surface area contributed by atoms with E-state index >= 15 is 0 Å². The third-order valence-corrected chi connectivity index (χ3v) is 7.65. The summed E-state index contributed by atoms with van der Waals surface area (Å²) in [6.07, 6.45) is 0.865. The molecule has 0 amide bonds. The normalized spacial score (nSPS) is 16.0. The van der Waals surface area contributed by atoms with Gasteiger partial charge in [-0.2, -0.15) is 4.31 Å². The Bertz CT molecular complexity index is 1350. The standard InChI is InChI=1S/C24H21NO5S/c26-24(17-12-14-25(15-13-17)31(27,28)19-6-2-1-3-7-19)29-18-10-11-23-21(16-18)20-8-4-5-9-22(20)30-23/h1-11,16-17H,12-15H2. The smallest absolute Gasteiger partial charge is 0.314 e. The summed E-state index contributed by atoms with van der Waals surface area (Å²) < 4.78 is 38.4. The number of fused-ring (bicyclic) bond motifs is 3. The van der Waals surface area contributed by atoms with Gasteiger partial charge in [0.2, 0.25) is 10.0 Å². The van der Waals surface area contributed by atoms with Gasteiger partial charge in [-0.3, -0.25) is 4.79 Å². The zero-order valence-electron chi connectivity index (χ0n) is 16.7. The molecule has 0 saturated carbocycles. The van der Waals surface area contributed by atoms with E-state index in [9.17, 15) is 13.2 Å². The average molecular weight is 436 g/mol. The molecule has 4 aromatic rings. The van der Waals surface area contributed by atoms with Crippen molar-refractivity contribution in [3.63, 3.8) is 0 Å². The van der Waals surface area contributed by atoms with Crippen LogP contribution in [-0.2, 0) is 14.8 Å². The van der Waals surface area contributed by atoms with E-state index < -0.39 is 10.0 Å². The van der Waals surface area contributed by atoms with E-state index in [0.29, 0.717) is 31.7 Å². The predicted octanol–water partition coefficient (Wildman–Crippen LogP) is 4.59. The highest BCUT2D eigenvalue weighted by molar-refractivity contribution is 7.89. The van der Waals surface area contributed by atoms with Crippen LogP contribution in [0.5, 0.6) is 5.75 Å². The summed E-state index contributed by atoms with van der Waals surface area (Å²) in [6, 6.07) is 21.4. The lowest BCUT2D eigenvalue weighted by Gasteiger charge is -2.30. The SMILES string of the molecule is O=C(Oc1ccc2oc3ccccc3c2c1)C1CCN(S(=O)(=O)c2ccccc2)CC1. The molecule has 1 fully saturated rings. The molecule has 1 aromatic heterocycles. The number of carbonyl (C=O) groups is 1. The van der Waals surface area contributed by atoms with E-state index in [1.54, 1.807) is 42.5 Å². The molecule has 1 aliphatic heterocycles. The molecule has 0 radical (unpaired) electrons. The quantitative estimate of drug-likeness (QED) is 0.346. The van der Waals surface area contributed by atoms with Crippen molar-refractivity contribution < 1.29 is 22.4 Å². The van der Waals surface area contributed by atoms with Crippen LogP contribution >= 0.6 is 0 Å². The molecule has 0 aliphatic carbocycles. The first-order valence-corrected chi connectivity index (χ1v) is 11.6. The molecule has 31 heavy (non-hydrogen) atoms. The Morgan fingerprint density at radius 1 is 0.871 bits per heavy atom. The fourth-order valence-electron chi connectivity index (χ4n) is 4.04. The molecule has 5 rings (SSSR count). The van der Waals surface area contributed by atoms with Crippen LogP contribution in [0.4, 0.5) is 0 Å². The number of rotatable bonds is 4. The second-order valence-electron chi connectivity index (χ2n) is 7.67. The van der Waals surface area contributed by atoms with E-state index in [1.165, 1.54) is 4.31 Å². The van der Waals surface area contributed by atoms with Crippen LogP contribution in [0.15, 0.2) is 82.1 Å². The summed E-state index contributed by atoms with van der Waals surface area (Å²) in [5, 5.41) is 1.86. The maximum Gasteiger partial charge on any atom is 0.314 e. The fraction of sp³-hybridized carbons (Fsp3) is 0.208. The Morgan fingerprint density at radius 3 is 2.32 bits per heavy atom. The number of sulfonamides is 1. The number of ether oxygens (including phenoxy) is 1. The molecule has 1 saturated heterocycles. The first kappa shape index (κ1) is 19.8. The third-order valence-electron chi connectivity index (χ3n) is 5.73. The lowest BCUT2D eigenvalue weighted by Crippen LogP contribution is -2.41. The Hall–Kier alpha value is -3.16. The van der Waals surface area contributed by atoms with Crippen LogP contribution in [0, 0.1) is 5.92 Å². The van der Waals surface area contributed by atoms with Crippen molar-refractivity contribution in [3.8, 4) is 5.75 Å². The van der Waals surface area contributed by atoms with Crippen molar-refractivity contribution >= 4 is 37.9 Å². The van der Waals surface area contributed by atoms with Gasteiger partial charge in [0.25, 0.3) is 0 Å². The second kappa shape index (κ2) is 7.83. The maximum absolute atomic E-state index is 12.8. The third kappa shape index (κ3) is 3.71. The number of carbonyl (C=O) groups excluding carboxylic acids is 1. The summed E-state index contributed by atoms with van der Waals surface area (Å²) in [5.74, 6) is -0.202. The van der Waals surface area contributed by atoms with E-state index in [4.69, 9.17) is 9.15 Å². The topological polar surface area (TPSA) is 76.8 Å². The first-order chi connectivity index (χ1) is 15.0. The summed E-state index contributed by atoms with van der Waals surface area (Å²) in [6.45, 7) is 0.588. The van der Waals surface area contributed by atoms with Crippen LogP contribution in [0.2, 0.25) is 0 Å². The highest BCUT2D eigenvalue weighted by atomic mass is 32.2. The van der Waals surface area contributed by atoms with Crippen molar-refractivity contribution in [3.05, 3.63) is 72.8 Å². The molecule has 0 N–H and O–H groups in total. The minimum Gasteiger partial charge on any atom is -0.456 e. The number of piperidine rings is 1. The molecule has 7 heteroatoms. The molecular weight excluding hydrogens is 414 g/mol. The van der Waals surface area contributed by atoms with Crippen molar-refractivity contribution in [2.45, 2.75) is 17.7 Å². The summed E-state index contributed by atoms with van der Waals surface area (Å²) in [5.41, 5.74) is 1.52. The van der Waals surface area contributed by atoms with Gasteiger partial charge in [-0.1, -0.05) is 36.4 Å². The zero-order chi connectivity index (χ0) is 21.4. The van der Waals surface area contributed by atoms with Crippen molar-refractivity contribution in [2.75, 3.05) is 13.1 Å². The monoisotopic (exact) mass is 435 g/mol. The van der Waals surface area contributed by atoms with Gasteiger partial charge in [-0.05, 0) is 49.2 Å². The van der Waals surface area contributed by atoms with Gasteiger partial charge in [0, 0.05) is 23.9 Å². The second-order valence-corrected chi connectivity index (χ2v) is 9.61. The number of para-hydroxylation sites is 1. The number of hydrogen-bond acceptors (Lipinski definition) is 5. The molecule has 0 atom stereocenters. The molecule has 0 bridgehead atoms. The number of furan rings is 1. The number of hydrogen-bond donors (Lipinski definition) is 0. The molecule has 6 nitrogen and oxygen atoms in total. The first-order valence-electron chi connectivity index (χ1n) is 10.2. The molecule has 158 valence electrons. The molecule has 3 aromatic carbocycles. The number of esters is 1. The van der Waals surface area contributed by atoms with Gasteiger partial charge in [0.15, 0.2) is 0 Å². The number of benzene rings is 3. The average Bonchev–Trinajstić information content (AvgIpc) is 3.18. The molecule has 2 heterocycles. The zero-order valence-corrected chi connectivity index (χ0v) is 17.5. The molecule has 1 aliphatic rings. The lowest BCUT2D eigenvalue weighted by molar-refractivity contribution is -0.140. The summed E-state index contributed by atoms with van der Waals surface area (Å²) in [7, 11) is -3.54. The molecule has 0 unspecified atom stereocenters. The van der Waals surface area contributed by atoms with Gasteiger partial charge >= 0.3 is 5.97 Å². The molecule has 0 spiro atoms. The Labute approximate surface area is 180 Å². The highest BCUT2D eigenvalue weighted by Gasteiger charge is 2.33. The van der Waals surface area contributed by atoms with E-state index in [0.717, 1.165) is 21.9 Å². The minimum absolute atomic E-state index is 0.275. The van der Waals surface area contributed by atoms with Crippen molar-refractivity contribution in [1.29, 1.82) is 0 Å². The Morgan fingerprint density at radius 2 is 1.55 bits per heavy atom. The predicted molar refractivity (Wildman–Crippen MR) is 117 cm³/mol. The highest BCUT2D eigenvalue weighted by Crippen LogP contribution is 2.32. The summed E-state index contributed by atoms with van der Waals surface area (Å²) >= 11 is 0. The Balaban J connectivity index is 1.27. The Kier molecular flexibility index (Phi) is 5.00. The number of nitrogens with zero attached hydrogens (tertiary/aromatic N) is 1. The largest absolute Gasteiger partial charge is 0.456 e. The van der Waals surface area contributed by atoms with E-state index in [1.807, 2.05) is 30.3 Å². The van der Waals surface area contributed by atoms with Gasteiger partial charge in [-0.15, -0.1) is 0 Å². The van der Waals surface area contributed by atoms with E-state index in [-0.39, 0.29) is 16.8 Å². The van der Waals surface area contributed by atoms with Gasteiger partial charge in [0.1, 0.15) is 16.9 Å². The molecular formula is C24H21NO5S. The van der Waals surface area contributed by atoms with Gasteiger partial charge < -0.3 is 9.15 Å². The maximum atomic E-state index is 12.8. The van der Waals surface area contributed by atoms with Crippen molar-refractivity contribution in [2.24, 2.45) is 5.92 Å². The van der Waals surface area contributed by atoms with Crippen LogP contribution in [-0.4, -0.2) is 31.8 Å². The fourth-order valence-corrected chi connectivity index (χ4v) is 5.53. The van der Waals surface area contributed by atoms with Crippen LogP contribution in [0.1, 0.15) is 12.8 Å². The van der Waals surface area contributed by atoms with E-state index in [2.05, 4.69) is 0 Å². The lowest BCUT2D eigenvalue weighted by atomic mass is 9.98. The van der Waals surface area contributed by atoms with Crippen molar-refractivity contribution in [1.82, 2.24) is 4.31 Å². The van der Waals surface area contributed by atoms with Crippen LogP contribution < -0.4 is 4.74 Å². The minimum atomic E-state index is -3.54. The van der Waals surface area contributed by atoms with Gasteiger partial charge in [0.05, 0.1) is 10.8 Å². The van der Waals surface area contributed by atoms with Crippen LogP contribution in [0.3, 0.4) is 0 Å². The van der Waals surface area contributed by atoms with Crippen LogP contribution in [0.25, 0.3) is 21.9 Å². The van der Waals surface area contributed by atoms with Gasteiger partial charge in [-0.25, -0.2) is 8.42 Å². The summed E-state index contributed by atoms with van der Waals surface area (Å²) in [4.78, 5) is 13.0.